The van der Waals surface area contributed by atoms with Crippen molar-refractivity contribution in [2.45, 2.75) is 13.8 Å². The lowest BCUT2D eigenvalue weighted by Crippen LogP contribution is -2.34. The maximum atomic E-state index is 5.86. The van der Waals surface area contributed by atoms with Crippen LogP contribution in [0, 0.1) is 13.8 Å². The first kappa shape index (κ1) is 12.2. The van der Waals surface area contributed by atoms with E-state index in [0.29, 0.717) is 0 Å². The van der Waals surface area contributed by atoms with Crippen LogP contribution >= 0.6 is 0 Å². The topological polar surface area (TPSA) is 55.0 Å². The largest absolute Gasteiger partial charge is 0.351 e. The number of rotatable bonds is 2. The Bertz CT molecular complexity index is 549. The van der Waals surface area contributed by atoms with E-state index in [0.717, 1.165) is 22.5 Å². The average Bonchev–Trinajstić information content (AvgIpc) is 2.34. The van der Waals surface area contributed by atoms with E-state index >= 15 is 0 Å². The van der Waals surface area contributed by atoms with Gasteiger partial charge in [0.2, 0.25) is 0 Å². The molecule has 0 saturated carbocycles. The molecule has 0 bridgehead atoms. The van der Waals surface area contributed by atoms with Crippen LogP contribution in [0.5, 0.6) is 0 Å². The van der Waals surface area contributed by atoms with Gasteiger partial charge in [-0.05, 0) is 37.1 Å². The monoisotopic (exact) mass is 240 g/mol. The van der Waals surface area contributed by atoms with Crippen molar-refractivity contribution in [2.24, 2.45) is 11.5 Å². The van der Waals surface area contributed by atoms with E-state index < -0.39 is 0 Å². The summed E-state index contributed by atoms with van der Waals surface area (Å²) in [5.41, 5.74) is 16.0. The molecule has 0 aliphatic heterocycles. The fourth-order valence-corrected chi connectivity index (χ4v) is 2.04. The van der Waals surface area contributed by atoms with Crippen LogP contribution in [0.4, 0.5) is 11.4 Å². The van der Waals surface area contributed by atoms with E-state index in [4.69, 9.17) is 11.5 Å². The van der Waals surface area contributed by atoms with Gasteiger partial charge in [-0.1, -0.05) is 36.4 Å². The van der Waals surface area contributed by atoms with E-state index in [1.165, 1.54) is 0 Å². The molecule has 3 heteroatoms. The minimum atomic E-state index is 0.276. The van der Waals surface area contributed by atoms with E-state index in [1.54, 1.807) is 0 Å². The second-order valence-electron chi connectivity index (χ2n) is 4.33. The molecule has 0 saturated heterocycles. The zero-order valence-corrected chi connectivity index (χ0v) is 10.7. The number of hydrogen-bond donors (Lipinski definition) is 2. The number of guanidine groups is 1. The first-order valence-electron chi connectivity index (χ1n) is 5.90. The Hall–Kier alpha value is -2.29. The van der Waals surface area contributed by atoms with Crippen molar-refractivity contribution >= 4 is 17.3 Å². The summed E-state index contributed by atoms with van der Waals surface area (Å²) in [5.74, 6) is 0.276. The number of para-hydroxylation sites is 2. The molecule has 4 N–H and O–H groups in total. The zero-order chi connectivity index (χ0) is 13.1. The molecular weight excluding hydrogens is 222 g/mol. The lowest BCUT2D eigenvalue weighted by Gasteiger charge is -2.13. The Kier molecular flexibility index (Phi) is 3.33. The number of hydrogen-bond acceptors (Lipinski definition) is 0. The first-order valence-corrected chi connectivity index (χ1v) is 5.90. The molecule has 2 aromatic rings. The maximum absolute atomic E-state index is 5.86. The van der Waals surface area contributed by atoms with Crippen LogP contribution in [0.15, 0.2) is 48.5 Å². The molecule has 0 spiro atoms. The summed E-state index contributed by atoms with van der Waals surface area (Å²) < 4.78 is 1.88. The molecule has 0 atom stereocenters. The molecule has 2 aromatic carbocycles. The second-order valence-corrected chi connectivity index (χ2v) is 4.33. The van der Waals surface area contributed by atoms with Gasteiger partial charge >= 0.3 is 5.96 Å². The molecular formula is C15H18N3+. The van der Waals surface area contributed by atoms with Crippen LogP contribution in [0.25, 0.3) is 0 Å². The van der Waals surface area contributed by atoms with Crippen molar-refractivity contribution in [3.05, 3.63) is 59.7 Å². The summed E-state index contributed by atoms with van der Waals surface area (Å²) in [6, 6.07) is 16.1. The second kappa shape index (κ2) is 4.92. The summed E-state index contributed by atoms with van der Waals surface area (Å²) in [4.78, 5) is 0. The number of benzene rings is 2. The maximum Gasteiger partial charge on any atom is 0.351 e. The number of nitrogens with zero attached hydrogens (tertiary/aromatic N) is 1. The summed E-state index contributed by atoms with van der Waals surface area (Å²) in [6.07, 6.45) is 0. The quantitative estimate of drug-likeness (QED) is 0.481. The average molecular weight is 240 g/mol. The van der Waals surface area contributed by atoms with E-state index in [1.807, 2.05) is 67.0 Å². The highest BCUT2D eigenvalue weighted by molar-refractivity contribution is 5.84. The zero-order valence-electron chi connectivity index (χ0n) is 10.7. The van der Waals surface area contributed by atoms with Crippen LogP contribution < -0.4 is 16.0 Å². The SMILES string of the molecule is Cc1ccccc1[N+](=C(N)N)c1ccccc1C. The van der Waals surface area contributed by atoms with Gasteiger partial charge < -0.3 is 0 Å². The summed E-state index contributed by atoms with van der Waals surface area (Å²) >= 11 is 0. The molecule has 0 fully saturated rings. The molecule has 0 heterocycles. The van der Waals surface area contributed by atoms with E-state index in [9.17, 15) is 0 Å². The third-order valence-corrected chi connectivity index (χ3v) is 2.97. The van der Waals surface area contributed by atoms with Gasteiger partial charge in [-0.15, -0.1) is 0 Å². The van der Waals surface area contributed by atoms with Crippen LogP contribution in [0.2, 0.25) is 0 Å². The van der Waals surface area contributed by atoms with Crippen molar-refractivity contribution < 1.29 is 0 Å². The van der Waals surface area contributed by atoms with E-state index in [2.05, 4.69) is 0 Å². The van der Waals surface area contributed by atoms with Crippen molar-refractivity contribution in [1.82, 2.24) is 4.58 Å². The Morgan fingerprint density at radius 3 is 1.50 bits per heavy atom. The van der Waals surface area contributed by atoms with Crippen molar-refractivity contribution in [3.63, 3.8) is 0 Å². The molecule has 3 nitrogen and oxygen atoms in total. The number of nitrogens with two attached hydrogens (primary N) is 2. The van der Waals surface area contributed by atoms with Gasteiger partial charge in [0.15, 0.2) is 0 Å². The summed E-state index contributed by atoms with van der Waals surface area (Å²) in [7, 11) is 0. The molecule has 18 heavy (non-hydrogen) atoms. The predicted molar refractivity (Wildman–Crippen MR) is 77.2 cm³/mol. The van der Waals surface area contributed by atoms with Crippen LogP contribution in [0.1, 0.15) is 11.1 Å². The van der Waals surface area contributed by atoms with E-state index in [-0.39, 0.29) is 5.96 Å². The van der Waals surface area contributed by atoms with Gasteiger partial charge in [0.05, 0.1) is 0 Å². The molecule has 2 rings (SSSR count). The minimum Gasteiger partial charge on any atom is -0.290 e. The van der Waals surface area contributed by atoms with Crippen molar-refractivity contribution in [2.75, 3.05) is 0 Å². The molecule has 0 unspecified atom stereocenters. The molecule has 0 radical (unpaired) electrons. The van der Waals surface area contributed by atoms with Gasteiger partial charge in [-0.3, -0.25) is 11.5 Å². The normalized spacial score (nSPS) is 10.1. The minimum absolute atomic E-state index is 0.276. The standard InChI is InChI=1S/C15H17N3/c1-11-7-3-5-9-13(11)18(15(16)17)14-10-6-4-8-12(14)2/h3-10H,1-2H3,(H3,16,17)/p+1. The van der Waals surface area contributed by atoms with Crippen molar-refractivity contribution in [1.29, 1.82) is 0 Å². The van der Waals surface area contributed by atoms with Crippen molar-refractivity contribution in [3.8, 4) is 0 Å². The lowest BCUT2D eigenvalue weighted by molar-refractivity contribution is 1.03. The van der Waals surface area contributed by atoms with Crippen LogP contribution in [-0.4, -0.2) is 5.96 Å². The Morgan fingerprint density at radius 1 is 0.778 bits per heavy atom. The highest BCUT2D eigenvalue weighted by Gasteiger charge is 2.14. The molecule has 0 amide bonds. The molecule has 92 valence electrons. The van der Waals surface area contributed by atoms with Gasteiger partial charge in [0.25, 0.3) is 0 Å². The predicted octanol–water partition coefficient (Wildman–Crippen LogP) is 2.41. The number of aryl methyl sites for hydroxylation is 2. The first-order chi connectivity index (χ1) is 8.61. The third-order valence-electron chi connectivity index (χ3n) is 2.97. The van der Waals surface area contributed by atoms with Gasteiger partial charge in [-0.25, -0.2) is 0 Å². The van der Waals surface area contributed by atoms with Crippen LogP contribution in [0.3, 0.4) is 0 Å². The van der Waals surface area contributed by atoms with Crippen LogP contribution in [-0.2, 0) is 0 Å². The fraction of sp³-hybridized carbons (Fsp3) is 0.133. The van der Waals surface area contributed by atoms with Gasteiger partial charge in [-0.2, -0.15) is 4.58 Å². The molecule has 0 aromatic heterocycles. The Labute approximate surface area is 107 Å². The highest BCUT2D eigenvalue weighted by Crippen LogP contribution is 2.25. The third kappa shape index (κ3) is 2.20. The van der Waals surface area contributed by atoms with Gasteiger partial charge in [0, 0.05) is 0 Å². The highest BCUT2D eigenvalue weighted by atomic mass is 15.1. The Balaban J connectivity index is 2.68. The van der Waals surface area contributed by atoms with Gasteiger partial charge in [0.1, 0.15) is 11.4 Å². The molecule has 0 aliphatic rings. The lowest BCUT2D eigenvalue weighted by atomic mass is 10.1. The smallest absolute Gasteiger partial charge is 0.290 e. The summed E-state index contributed by atoms with van der Waals surface area (Å²) in [5, 5.41) is 0. The fourth-order valence-electron chi connectivity index (χ4n) is 2.04. The Morgan fingerprint density at radius 2 is 1.17 bits per heavy atom. The summed E-state index contributed by atoms with van der Waals surface area (Å²) in [6.45, 7) is 4.09. The molecule has 0 aliphatic carbocycles.